The first kappa shape index (κ1) is 12.6. The predicted octanol–water partition coefficient (Wildman–Crippen LogP) is 3.06. The fourth-order valence-electron chi connectivity index (χ4n) is 2.25. The van der Waals surface area contributed by atoms with Gasteiger partial charge in [-0.25, -0.2) is 4.39 Å². The Morgan fingerprint density at radius 1 is 1.50 bits per heavy atom. The van der Waals surface area contributed by atoms with Gasteiger partial charge in [-0.15, -0.1) is 0 Å². The molecular formula is C14H16FNO2. The van der Waals surface area contributed by atoms with E-state index >= 15 is 0 Å². The molecule has 1 N–H and O–H groups in total. The summed E-state index contributed by atoms with van der Waals surface area (Å²) >= 11 is 0. The molecule has 1 unspecified atom stereocenters. The molecule has 2 aromatic rings. The van der Waals surface area contributed by atoms with Crippen molar-refractivity contribution in [3.63, 3.8) is 0 Å². The first-order chi connectivity index (χ1) is 8.54. The maximum absolute atomic E-state index is 13.7. The molecule has 96 valence electrons. The van der Waals surface area contributed by atoms with Gasteiger partial charge in [0, 0.05) is 24.0 Å². The number of nitrogens with zero attached hydrogens (tertiary/aromatic N) is 1. The normalized spacial score (nSPS) is 12.8. The molecule has 0 amide bonds. The van der Waals surface area contributed by atoms with Gasteiger partial charge in [0.15, 0.2) is 0 Å². The van der Waals surface area contributed by atoms with Crippen molar-refractivity contribution >= 4 is 16.9 Å². The van der Waals surface area contributed by atoms with E-state index in [1.165, 1.54) is 6.07 Å². The Labute approximate surface area is 105 Å². The minimum atomic E-state index is -0.830. The van der Waals surface area contributed by atoms with Gasteiger partial charge in [-0.2, -0.15) is 0 Å². The van der Waals surface area contributed by atoms with Gasteiger partial charge < -0.3 is 9.67 Å². The molecule has 3 nitrogen and oxygen atoms in total. The maximum Gasteiger partial charge on any atom is 0.306 e. The molecule has 0 radical (unpaired) electrons. The van der Waals surface area contributed by atoms with Gasteiger partial charge in [-0.05, 0) is 25.1 Å². The molecule has 0 bridgehead atoms. The number of rotatable bonds is 4. The maximum atomic E-state index is 13.7. The van der Waals surface area contributed by atoms with Crippen LogP contribution in [0, 0.1) is 11.7 Å². The molecule has 2 rings (SSSR count). The number of benzene rings is 1. The summed E-state index contributed by atoms with van der Waals surface area (Å²) in [6, 6.07) is 6.71. The minimum absolute atomic E-state index is 0.260. The van der Waals surface area contributed by atoms with Crippen molar-refractivity contribution in [2.24, 2.45) is 5.92 Å². The highest BCUT2D eigenvalue weighted by Gasteiger charge is 2.16. The topological polar surface area (TPSA) is 42.2 Å². The third-order valence-corrected chi connectivity index (χ3v) is 3.23. The molecule has 0 aliphatic rings. The lowest BCUT2D eigenvalue weighted by molar-refractivity contribution is -0.141. The van der Waals surface area contributed by atoms with Crippen molar-refractivity contribution in [3.8, 4) is 0 Å². The summed E-state index contributed by atoms with van der Waals surface area (Å²) in [5.41, 5.74) is 1.69. The van der Waals surface area contributed by atoms with Gasteiger partial charge in [0.25, 0.3) is 0 Å². The van der Waals surface area contributed by atoms with Crippen LogP contribution in [0.4, 0.5) is 4.39 Å². The summed E-state index contributed by atoms with van der Waals surface area (Å²) in [4.78, 5) is 10.9. The number of aromatic nitrogens is 1. The number of carbonyl (C=O) groups is 1. The number of aliphatic carboxylic acids is 1. The summed E-state index contributed by atoms with van der Waals surface area (Å²) < 4.78 is 15.7. The van der Waals surface area contributed by atoms with Crippen LogP contribution in [0.2, 0.25) is 0 Å². The standard InChI is InChI=1S/C14H16FNO2/c1-3-16-10(7-9(2)14(17)18)8-11-12(15)5-4-6-13(11)16/h4-6,8-9H,3,7H2,1-2H3,(H,17,18). The smallest absolute Gasteiger partial charge is 0.306 e. The quantitative estimate of drug-likeness (QED) is 0.904. The van der Waals surface area contributed by atoms with Crippen molar-refractivity contribution in [2.75, 3.05) is 0 Å². The Hall–Kier alpha value is -1.84. The molecule has 1 aromatic carbocycles. The van der Waals surface area contributed by atoms with Gasteiger partial charge >= 0.3 is 5.97 Å². The third kappa shape index (κ3) is 2.10. The van der Waals surface area contributed by atoms with Gasteiger partial charge in [0.1, 0.15) is 5.82 Å². The average molecular weight is 249 g/mol. The van der Waals surface area contributed by atoms with Gasteiger partial charge in [-0.3, -0.25) is 4.79 Å². The SMILES string of the molecule is CCn1c(CC(C)C(=O)O)cc2c(F)cccc21. The van der Waals surface area contributed by atoms with Crippen molar-refractivity contribution in [2.45, 2.75) is 26.8 Å². The molecule has 0 aliphatic carbocycles. The van der Waals surface area contributed by atoms with Crippen LogP contribution in [0.15, 0.2) is 24.3 Å². The van der Waals surface area contributed by atoms with E-state index in [4.69, 9.17) is 5.11 Å². The molecule has 0 saturated heterocycles. The van der Waals surface area contributed by atoms with E-state index in [9.17, 15) is 9.18 Å². The Bertz CT molecular complexity index is 589. The highest BCUT2D eigenvalue weighted by Crippen LogP contribution is 2.24. The Balaban J connectivity index is 2.50. The van der Waals surface area contributed by atoms with E-state index in [1.807, 2.05) is 17.6 Å². The molecular weight excluding hydrogens is 233 g/mol. The van der Waals surface area contributed by atoms with Crippen LogP contribution < -0.4 is 0 Å². The van der Waals surface area contributed by atoms with Crippen molar-refractivity contribution in [1.82, 2.24) is 4.57 Å². The van der Waals surface area contributed by atoms with Crippen molar-refractivity contribution < 1.29 is 14.3 Å². The number of hydrogen-bond acceptors (Lipinski definition) is 1. The second-order valence-electron chi connectivity index (χ2n) is 4.50. The van der Waals surface area contributed by atoms with E-state index in [0.717, 1.165) is 11.2 Å². The molecule has 1 atom stereocenters. The molecule has 1 heterocycles. The Morgan fingerprint density at radius 2 is 2.22 bits per heavy atom. The van der Waals surface area contributed by atoms with Crippen LogP contribution >= 0.6 is 0 Å². The second-order valence-corrected chi connectivity index (χ2v) is 4.50. The lowest BCUT2D eigenvalue weighted by Gasteiger charge is -2.10. The van der Waals surface area contributed by atoms with Crippen LogP contribution in [-0.4, -0.2) is 15.6 Å². The molecule has 1 aromatic heterocycles. The number of fused-ring (bicyclic) bond motifs is 1. The van der Waals surface area contributed by atoms with Crippen LogP contribution in [0.1, 0.15) is 19.5 Å². The first-order valence-corrected chi connectivity index (χ1v) is 6.04. The zero-order valence-corrected chi connectivity index (χ0v) is 10.5. The summed E-state index contributed by atoms with van der Waals surface area (Å²) in [5.74, 6) is -1.56. The molecule has 0 fully saturated rings. The van der Waals surface area contributed by atoms with Gasteiger partial charge in [0.05, 0.1) is 11.4 Å². The third-order valence-electron chi connectivity index (χ3n) is 3.23. The first-order valence-electron chi connectivity index (χ1n) is 6.04. The number of carboxylic acid groups (broad SMARTS) is 1. The molecule has 18 heavy (non-hydrogen) atoms. The summed E-state index contributed by atoms with van der Waals surface area (Å²) in [7, 11) is 0. The largest absolute Gasteiger partial charge is 0.481 e. The summed E-state index contributed by atoms with van der Waals surface area (Å²) in [6.45, 7) is 4.34. The zero-order chi connectivity index (χ0) is 13.3. The highest BCUT2D eigenvalue weighted by atomic mass is 19.1. The fraction of sp³-hybridized carbons (Fsp3) is 0.357. The summed E-state index contributed by atoms with van der Waals surface area (Å²) in [6.07, 6.45) is 0.414. The lowest BCUT2D eigenvalue weighted by atomic mass is 10.1. The van der Waals surface area contributed by atoms with Gasteiger partial charge in [0.2, 0.25) is 0 Å². The molecule has 0 spiro atoms. The molecule has 0 aliphatic heterocycles. The zero-order valence-electron chi connectivity index (χ0n) is 10.5. The van der Waals surface area contributed by atoms with E-state index < -0.39 is 11.9 Å². The van der Waals surface area contributed by atoms with Crippen molar-refractivity contribution in [3.05, 3.63) is 35.8 Å². The van der Waals surface area contributed by atoms with E-state index in [-0.39, 0.29) is 5.82 Å². The Morgan fingerprint density at radius 3 is 2.83 bits per heavy atom. The fourth-order valence-corrected chi connectivity index (χ4v) is 2.25. The number of hydrogen-bond donors (Lipinski definition) is 1. The van der Waals surface area contributed by atoms with Crippen LogP contribution in [0.3, 0.4) is 0 Å². The number of carboxylic acids is 1. The highest BCUT2D eigenvalue weighted by molar-refractivity contribution is 5.82. The predicted molar refractivity (Wildman–Crippen MR) is 68.1 cm³/mol. The van der Waals surface area contributed by atoms with E-state index in [2.05, 4.69) is 0 Å². The Kier molecular flexibility index (Phi) is 3.36. The monoisotopic (exact) mass is 249 g/mol. The lowest BCUT2D eigenvalue weighted by Crippen LogP contribution is -2.14. The average Bonchev–Trinajstić information content (AvgIpc) is 2.68. The van der Waals surface area contributed by atoms with Crippen LogP contribution in [-0.2, 0) is 17.8 Å². The van der Waals surface area contributed by atoms with Gasteiger partial charge in [-0.1, -0.05) is 13.0 Å². The van der Waals surface area contributed by atoms with Crippen LogP contribution in [0.25, 0.3) is 10.9 Å². The number of aryl methyl sites for hydroxylation is 1. The number of halogens is 1. The summed E-state index contributed by atoms with van der Waals surface area (Å²) in [5, 5.41) is 9.52. The van der Waals surface area contributed by atoms with E-state index in [1.54, 1.807) is 19.1 Å². The van der Waals surface area contributed by atoms with E-state index in [0.29, 0.717) is 18.4 Å². The molecule has 0 saturated carbocycles. The minimum Gasteiger partial charge on any atom is -0.481 e. The second kappa shape index (κ2) is 4.80. The van der Waals surface area contributed by atoms with Crippen molar-refractivity contribution in [1.29, 1.82) is 0 Å². The van der Waals surface area contributed by atoms with Crippen LogP contribution in [0.5, 0.6) is 0 Å². The molecule has 4 heteroatoms.